The summed E-state index contributed by atoms with van der Waals surface area (Å²) in [6.07, 6.45) is 3.81. The Balaban J connectivity index is 2.33. The molecule has 2 nitrogen and oxygen atoms in total. The van der Waals surface area contributed by atoms with Crippen molar-refractivity contribution in [2.24, 2.45) is 0 Å². The molecule has 1 heterocycles. The second-order valence-electron chi connectivity index (χ2n) is 5.57. The number of hydrogen-bond donors (Lipinski definition) is 0. The molecule has 0 saturated heterocycles. The van der Waals surface area contributed by atoms with E-state index in [4.69, 9.17) is 9.72 Å². The lowest BCUT2D eigenvalue weighted by Crippen LogP contribution is -2.17. The second kappa shape index (κ2) is 4.08. The van der Waals surface area contributed by atoms with E-state index < -0.39 is 0 Å². The normalized spacial score (nSPS) is 16.2. The zero-order valence-electron chi connectivity index (χ0n) is 10.7. The third-order valence-electron chi connectivity index (χ3n) is 2.81. The first-order valence-corrected chi connectivity index (χ1v) is 6.17. The summed E-state index contributed by atoms with van der Waals surface area (Å²) >= 11 is 0. The molecule has 2 heteroatoms. The van der Waals surface area contributed by atoms with Gasteiger partial charge in [-0.3, -0.25) is 4.98 Å². The van der Waals surface area contributed by atoms with Gasteiger partial charge in [-0.15, -0.1) is 0 Å². The minimum atomic E-state index is 0.0510. The maximum atomic E-state index is 5.92. The van der Waals surface area contributed by atoms with Gasteiger partial charge in [0.25, 0.3) is 0 Å². The topological polar surface area (TPSA) is 22.1 Å². The van der Waals surface area contributed by atoms with E-state index in [1.54, 1.807) is 0 Å². The number of rotatable bonds is 3. The predicted molar refractivity (Wildman–Crippen MR) is 66.0 cm³/mol. The zero-order chi connectivity index (χ0) is 11.8. The highest BCUT2D eigenvalue weighted by Crippen LogP contribution is 2.34. The Morgan fingerprint density at radius 2 is 2.00 bits per heavy atom. The molecule has 0 atom stereocenters. The first-order valence-electron chi connectivity index (χ1n) is 6.17. The Kier molecular flexibility index (Phi) is 2.92. The molecule has 16 heavy (non-hydrogen) atoms. The van der Waals surface area contributed by atoms with Gasteiger partial charge in [-0.25, -0.2) is 0 Å². The summed E-state index contributed by atoms with van der Waals surface area (Å²) in [4.78, 5) is 4.72. The van der Waals surface area contributed by atoms with Crippen LogP contribution in [0.2, 0.25) is 0 Å². The van der Waals surface area contributed by atoms with Crippen LogP contribution in [0.15, 0.2) is 12.1 Å². The van der Waals surface area contributed by atoms with Crippen LogP contribution < -0.4 is 4.74 Å². The predicted octanol–water partition coefficient (Wildman–Crippen LogP) is 3.48. The van der Waals surface area contributed by atoms with Crippen LogP contribution in [0.3, 0.4) is 0 Å². The van der Waals surface area contributed by atoms with E-state index >= 15 is 0 Å². The third-order valence-corrected chi connectivity index (χ3v) is 2.81. The van der Waals surface area contributed by atoms with Crippen molar-refractivity contribution in [2.45, 2.75) is 58.5 Å². The fourth-order valence-corrected chi connectivity index (χ4v) is 1.68. The molecule has 1 aliphatic carbocycles. The summed E-state index contributed by atoms with van der Waals surface area (Å²) in [5.41, 5.74) is 2.29. The summed E-state index contributed by atoms with van der Waals surface area (Å²) in [5, 5.41) is 0. The first kappa shape index (κ1) is 11.4. The van der Waals surface area contributed by atoms with E-state index in [0.29, 0.717) is 6.10 Å². The summed E-state index contributed by atoms with van der Waals surface area (Å²) in [5.74, 6) is 0.979. The number of aryl methyl sites for hydroxylation is 1. The first-order chi connectivity index (χ1) is 7.50. The molecule has 1 aromatic rings. The Hall–Kier alpha value is -1.05. The van der Waals surface area contributed by atoms with Crippen molar-refractivity contribution in [1.29, 1.82) is 0 Å². The zero-order valence-corrected chi connectivity index (χ0v) is 10.7. The Bertz CT molecular complexity index is 375. The molecule has 0 spiro atoms. The van der Waals surface area contributed by atoms with Crippen LogP contribution in [0.1, 0.15) is 51.9 Å². The van der Waals surface area contributed by atoms with Crippen molar-refractivity contribution in [3.05, 3.63) is 23.5 Å². The molecule has 2 rings (SSSR count). The van der Waals surface area contributed by atoms with Gasteiger partial charge in [-0.1, -0.05) is 27.7 Å². The molecule has 0 unspecified atom stereocenters. The molecule has 88 valence electrons. The van der Waals surface area contributed by atoms with Crippen LogP contribution in [-0.2, 0) is 11.8 Å². The number of hydrogen-bond acceptors (Lipinski definition) is 2. The van der Waals surface area contributed by atoms with Crippen LogP contribution in [0.25, 0.3) is 0 Å². The molecule has 1 saturated carbocycles. The third kappa shape index (κ3) is 2.55. The summed E-state index contributed by atoms with van der Waals surface area (Å²) in [7, 11) is 0. The molecular formula is C14H21NO. The van der Waals surface area contributed by atoms with Crippen molar-refractivity contribution in [3.63, 3.8) is 0 Å². The minimum absolute atomic E-state index is 0.0510. The van der Waals surface area contributed by atoms with Gasteiger partial charge in [0.2, 0.25) is 0 Å². The van der Waals surface area contributed by atoms with Crippen molar-refractivity contribution in [3.8, 4) is 5.75 Å². The highest BCUT2D eigenvalue weighted by atomic mass is 16.5. The number of ether oxygens (including phenoxy) is 1. The Labute approximate surface area is 98.0 Å². The maximum absolute atomic E-state index is 5.92. The molecule has 0 bridgehead atoms. The average Bonchev–Trinajstić information content (AvgIpc) is 3.01. The Morgan fingerprint density at radius 1 is 1.31 bits per heavy atom. The van der Waals surface area contributed by atoms with Gasteiger partial charge in [0.15, 0.2) is 0 Å². The van der Waals surface area contributed by atoms with E-state index in [-0.39, 0.29) is 5.41 Å². The van der Waals surface area contributed by atoms with Crippen molar-refractivity contribution >= 4 is 0 Å². The molecule has 1 aromatic heterocycles. The highest BCUT2D eigenvalue weighted by Gasteiger charge is 2.28. The molecular weight excluding hydrogens is 198 g/mol. The van der Waals surface area contributed by atoms with Crippen molar-refractivity contribution in [2.75, 3.05) is 0 Å². The molecule has 0 aliphatic heterocycles. The minimum Gasteiger partial charge on any atom is -0.488 e. The van der Waals surface area contributed by atoms with Gasteiger partial charge < -0.3 is 4.74 Å². The maximum Gasteiger partial charge on any atom is 0.141 e. The summed E-state index contributed by atoms with van der Waals surface area (Å²) in [6, 6.07) is 4.16. The fraction of sp³-hybridized carbons (Fsp3) is 0.643. The molecule has 1 fully saturated rings. The number of nitrogens with zero attached hydrogens (tertiary/aromatic N) is 1. The van der Waals surface area contributed by atoms with Gasteiger partial charge in [0.1, 0.15) is 5.75 Å². The summed E-state index contributed by atoms with van der Waals surface area (Å²) < 4.78 is 5.92. The van der Waals surface area contributed by atoms with E-state index in [1.807, 2.05) is 0 Å². The van der Waals surface area contributed by atoms with Crippen LogP contribution in [0.4, 0.5) is 0 Å². The fourth-order valence-electron chi connectivity index (χ4n) is 1.68. The average molecular weight is 219 g/mol. The second-order valence-corrected chi connectivity index (χ2v) is 5.57. The van der Waals surface area contributed by atoms with Crippen LogP contribution in [-0.4, -0.2) is 11.1 Å². The quantitative estimate of drug-likeness (QED) is 0.776. The van der Waals surface area contributed by atoms with Gasteiger partial charge in [0, 0.05) is 11.1 Å². The molecule has 1 aliphatic rings. The van der Waals surface area contributed by atoms with E-state index in [9.17, 15) is 0 Å². The van der Waals surface area contributed by atoms with Gasteiger partial charge in [-0.05, 0) is 31.4 Å². The molecule has 0 radical (unpaired) electrons. The Morgan fingerprint density at radius 3 is 2.50 bits per heavy atom. The van der Waals surface area contributed by atoms with E-state index in [0.717, 1.165) is 23.6 Å². The molecule has 0 N–H and O–H groups in total. The lowest BCUT2D eigenvalue weighted by molar-refractivity contribution is 0.292. The lowest BCUT2D eigenvalue weighted by Gasteiger charge is -2.22. The van der Waals surface area contributed by atoms with Crippen molar-refractivity contribution < 1.29 is 4.74 Å². The van der Waals surface area contributed by atoms with Crippen molar-refractivity contribution in [1.82, 2.24) is 4.98 Å². The van der Waals surface area contributed by atoms with Crippen LogP contribution >= 0.6 is 0 Å². The smallest absolute Gasteiger partial charge is 0.141 e. The standard InChI is InChI=1S/C14H21NO/c1-5-10-6-9-12(16-11-7-8-11)13(15-10)14(2,3)4/h6,9,11H,5,7-8H2,1-4H3. The van der Waals surface area contributed by atoms with E-state index in [2.05, 4.69) is 39.8 Å². The molecule has 0 aromatic carbocycles. The largest absolute Gasteiger partial charge is 0.488 e. The van der Waals surface area contributed by atoms with Crippen LogP contribution in [0.5, 0.6) is 5.75 Å². The SMILES string of the molecule is CCc1ccc(OC2CC2)c(C(C)(C)C)n1. The number of aromatic nitrogens is 1. The lowest BCUT2D eigenvalue weighted by atomic mass is 9.90. The van der Waals surface area contributed by atoms with Gasteiger partial charge in [0.05, 0.1) is 11.8 Å². The van der Waals surface area contributed by atoms with E-state index in [1.165, 1.54) is 12.8 Å². The van der Waals surface area contributed by atoms with Crippen LogP contribution in [0, 0.1) is 0 Å². The highest BCUT2D eigenvalue weighted by molar-refractivity contribution is 5.34. The summed E-state index contributed by atoms with van der Waals surface area (Å²) in [6.45, 7) is 8.70. The van der Waals surface area contributed by atoms with Gasteiger partial charge in [-0.2, -0.15) is 0 Å². The monoisotopic (exact) mass is 219 g/mol. The number of pyridine rings is 1. The molecule has 0 amide bonds. The van der Waals surface area contributed by atoms with Gasteiger partial charge >= 0.3 is 0 Å².